The van der Waals surface area contributed by atoms with Gasteiger partial charge in [0.1, 0.15) is 0 Å². The Hall–Kier alpha value is -1.09. The summed E-state index contributed by atoms with van der Waals surface area (Å²) in [6, 6.07) is 4.95. The molecule has 0 aliphatic heterocycles. The Labute approximate surface area is 108 Å². The number of hydrogen-bond donors (Lipinski definition) is 1. The van der Waals surface area contributed by atoms with Gasteiger partial charge in [0.15, 0.2) is 11.6 Å². The van der Waals surface area contributed by atoms with Crippen LogP contribution in [0.1, 0.15) is 50.1 Å². The minimum Gasteiger partial charge on any atom is -0.494 e. The molecule has 3 heteroatoms. The molecule has 0 aromatic heterocycles. The normalized spacial score (nSPS) is 17.9. The summed E-state index contributed by atoms with van der Waals surface area (Å²) in [4.78, 5) is 0. The molecular weight excluding hydrogens is 229 g/mol. The van der Waals surface area contributed by atoms with Gasteiger partial charge >= 0.3 is 0 Å². The Morgan fingerprint density at radius 2 is 2.11 bits per heavy atom. The highest BCUT2D eigenvalue weighted by Gasteiger charge is 2.17. The molecule has 0 bridgehead atoms. The van der Waals surface area contributed by atoms with Crippen LogP contribution in [0.4, 0.5) is 4.39 Å². The first-order valence-electron chi connectivity index (χ1n) is 6.79. The zero-order chi connectivity index (χ0) is 13.0. The third kappa shape index (κ3) is 3.22. The predicted octanol–water partition coefficient (Wildman–Crippen LogP) is 3.80. The fourth-order valence-electron chi connectivity index (χ4n) is 2.79. The number of methoxy groups -OCH3 is 1. The average Bonchev–Trinajstić information content (AvgIpc) is 2.89. The predicted molar refractivity (Wildman–Crippen MR) is 71.1 cm³/mol. The van der Waals surface area contributed by atoms with Crippen molar-refractivity contribution in [2.75, 3.05) is 7.11 Å². The molecule has 0 radical (unpaired) electrons. The van der Waals surface area contributed by atoms with Crippen molar-refractivity contribution < 1.29 is 9.13 Å². The summed E-state index contributed by atoms with van der Waals surface area (Å²) >= 11 is 0. The van der Waals surface area contributed by atoms with Crippen LogP contribution in [0, 0.1) is 11.7 Å². The van der Waals surface area contributed by atoms with E-state index in [0.29, 0.717) is 0 Å². The molecule has 1 saturated carbocycles. The lowest BCUT2D eigenvalue weighted by atomic mass is 9.95. The van der Waals surface area contributed by atoms with Crippen LogP contribution in [0.25, 0.3) is 0 Å². The third-order valence-electron chi connectivity index (χ3n) is 3.96. The fraction of sp³-hybridized carbons (Fsp3) is 0.600. The van der Waals surface area contributed by atoms with E-state index < -0.39 is 0 Å². The first-order chi connectivity index (χ1) is 8.70. The van der Waals surface area contributed by atoms with Gasteiger partial charge < -0.3 is 10.5 Å². The maximum absolute atomic E-state index is 13.6. The van der Waals surface area contributed by atoms with Crippen molar-refractivity contribution in [1.82, 2.24) is 0 Å². The number of rotatable bonds is 5. The zero-order valence-corrected chi connectivity index (χ0v) is 11.0. The molecule has 0 spiro atoms. The molecule has 0 saturated heterocycles. The van der Waals surface area contributed by atoms with Crippen LogP contribution >= 0.6 is 0 Å². The lowest BCUT2D eigenvalue weighted by Crippen LogP contribution is -2.12. The van der Waals surface area contributed by atoms with Crippen molar-refractivity contribution in [3.63, 3.8) is 0 Å². The highest BCUT2D eigenvalue weighted by atomic mass is 19.1. The van der Waals surface area contributed by atoms with E-state index >= 15 is 0 Å². The zero-order valence-electron chi connectivity index (χ0n) is 11.0. The summed E-state index contributed by atoms with van der Waals surface area (Å²) in [5, 5.41) is 0. The molecule has 0 heterocycles. The van der Waals surface area contributed by atoms with Crippen molar-refractivity contribution in [1.29, 1.82) is 0 Å². The molecule has 1 aromatic rings. The van der Waals surface area contributed by atoms with E-state index in [1.54, 1.807) is 6.07 Å². The van der Waals surface area contributed by atoms with Crippen molar-refractivity contribution >= 4 is 0 Å². The van der Waals surface area contributed by atoms with E-state index in [0.717, 1.165) is 24.3 Å². The lowest BCUT2D eigenvalue weighted by molar-refractivity contribution is 0.385. The van der Waals surface area contributed by atoms with E-state index in [4.69, 9.17) is 10.5 Å². The van der Waals surface area contributed by atoms with E-state index in [1.807, 2.05) is 6.07 Å². The van der Waals surface area contributed by atoms with Crippen LogP contribution in [0.3, 0.4) is 0 Å². The molecular formula is C15H22FNO. The van der Waals surface area contributed by atoms with Crippen LogP contribution in [-0.2, 0) is 0 Å². The largest absolute Gasteiger partial charge is 0.494 e. The molecule has 1 aliphatic carbocycles. The highest BCUT2D eigenvalue weighted by molar-refractivity contribution is 5.30. The van der Waals surface area contributed by atoms with Gasteiger partial charge in [0.05, 0.1) is 7.11 Å². The topological polar surface area (TPSA) is 35.2 Å². The summed E-state index contributed by atoms with van der Waals surface area (Å²) in [5.41, 5.74) is 6.99. The molecule has 0 amide bonds. The maximum atomic E-state index is 13.6. The van der Waals surface area contributed by atoms with Crippen LogP contribution in [0.15, 0.2) is 18.2 Å². The van der Waals surface area contributed by atoms with Gasteiger partial charge in [-0.3, -0.25) is 0 Å². The molecule has 2 N–H and O–H groups in total. The second kappa shape index (κ2) is 6.19. The Balaban J connectivity index is 1.91. The second-order valence-corrected chi connectivity index (χ2v) is 5.23. The van der Waals surface area contributed by atoms with E-state index in [2.05, 4.69) is 0 Å². The number of benzene rings is 1. The Morgan fingerprint density at radius 3 is 2.72 bits per heavy atom. The highest BCUT2D eigenvalue weighted by Crippen LogP contribution is 2.31. The standard InChI is InChI=1S/C15H22FNO/c1-18-15-9-7-12(10-13(15)16)14(17)8-6-11-4-2-3-5-11/h7,9-11,14H,2-6,8,17H2,1H3. The summed E-state index contributed by atoms with van der Waals surface area (Å²) < 4.78 is 18.5. The number of nitrogens with two attached hydrogens (primary N) is 1. The number of hydrogen-bond acceptors (Lipinski definition) is 2. The summed E-state index contributed by atoms with van der Waals surface area (Å²) in [7, 11) is 1.47. The van der Waals surface area contributed by atoms with Crippen molar-refractivity contribution in [2.45, 2.75) is 44.6 Å². The SMILES string of the molecule is COc1ccc(C(N)CCC2CCCC2)cc1F. The fourth-order valence-corrected chi connectivity index (χ4v) is 2.79. The van der Waals surface area contributed by atoms with Crippen LogP contribution in [0.2, 0.25) is 0 Å². The minimum atomic E-state index is -0.327. The lowest BCUT2D eigenvalue weighted by Gasteiger charge is -2.15. The van der Waals surface area contributed by atoms with Crippen molar-refractivity contribution in [2.24, 2.45) is 11.7 Å². The summed E-state index contributed by atoms with van der Waals surface area (Å²) in [6.45, 7) is 0. The molecule has 1 fully saturated rings. The third-order valence-corrected chi connectivity index (χ3v) is 3.96. The Kier molecular flexibility index (Phi) is 4.59. The maximum Gasteiger partial charge on any atom is 0.165 e. The molecule has 1 aromatic carbocycles. The average molecular weight is 251 g/mol. The van der Waals surface area contributed by atoms with Crippen molar-refractivity contribution in [3.05, 3.63) is 29.6 Å². The van der Waals surface area contributed by atoms with Gasteiger partial charge in [-0.1, -0.05) is 31.7 Å². The van der Waals surface area contributed by atoms with E-state index in [1.165, 1.54) is 38.9 Å². The Bertz CT molecular complexity index is 388. The molecule has 18 heavy (non-hydrogen) atoms. The minimum absolute atomic E-state index is 0.0639. The van der Waals surface area contributed by atoms with Gasteiger partial charge in [0.2, 0.25) is 0 Å². The van der Waals surface area contributed by atoms with E-state index in [-0.39, 0.29) is 17.6 Å². The number of ether oxygens (including phenoxy) is 1. The van der Waals surface area contributed by atoms with Gasteiger partial charge in [-0.25, -0.2) is 4.39 Å². The second-order valence-electron chi connectivity index (χ2n) is 5.23. The van der Waals surface area contributed by atoms with Crippen LogP contribution in [-0.4, -0.2) is 7.11 Å². The van der Waals surface area contributed by atoms with Gasteiger partial charge in [0.25, 0.3) is 0 Å². The number of halogens is 1. The van der Waals surface area contributed by atoms with Crippen LogP contribution in [0.5, 0.6) is 5.75 Å². The Morgan fingerprint density at radius 1 is 1.39 bits per heavy atom. The first-order valence-corrected chi connectivity index (χ1v) is 6.79. The van der Waals surface area contributed by atoms with Gasteiger partial charge in [0, 0.05) is 6.04 Å². The van der Waals surface area contributed by atoms with Crippen LogP contribution < -0.4 is 10.5 Å². The van der Waals surface area contributed by atoms with Gasteiger partial charge in [-0.2, -0.15) is 0 Å². The first kappa shape index (κ1) is 13.3. The smallest absolute Gasteiger partial charge is 0.165 e. The molecule has 100 valence electrons. The molecule has 1 unspecified atom stereocenters. The summed E-state index contributed by atoms with van der Waals surface area (Å²) in [6.07, 6.45) is 7.49. The van der Waals surface area contributed by atoms with Gasteiger partial charge in [-0.05, 0) is 36.5 Å². The molecule has 1 atom stereocenters. The summed E-state index contributed by atoms with van der Waals surface area (Å²) in [5.74, 6) is 0.784. The molecule has 1 aliphatic rings. The van der Waals surface area contributed by atoms with E-state index in [9.17, 15) is 4.39 Å². The quantitative estimate of drug-likeness (QED) is 0.863. The molecule has 2 nitrogen and oxygen atoms in total. The van der Waals surface area contributed by atoms with Crippen molar-refractivity contribution in [3.8, 4) is 5.75 Å². The molecule has 2 rings (SSSR count). The van der Waals surface area contributed by atoms with Gasteiger partial charge in [-0.15, -0.1) is 0 Å². The monoisotopic (exact) mass is 251 g/mol.